The molecule has 0 saturated carbocycles. The summed E-state index contributed by atoms with van der Waals surface area (Å²) in [6.07, 6.45) is 6.40. The molecular weight excluding hydrogens is 184 g/mol. The van der Waals surface area contributed by atoms with Crippen molar-refractivity contribution in [2.75, 3.05) is 0 Å². The predicted octanol–water partition coefficient (Wildman–Crippen LogP) is 3.39. The van der Waals surface area contributed by atoms with Gasteiger partial charge < -0.3 is 0 Å². The quantitative estimate of drug-likeness (QED) is 0.501. The second-order valence-corrected chi connectivity index (χ2v) is 4.14. The molecule has 2 rings (SSSR count). The van der Waals surface area contributed by atoms with E-state index in [9.17, 15) is 4.79 Å². The van der Waals surface area contributed by atoms with Gasteiger partial charge in [-0.3, -0.25) is 4.79 Å². The van der Waals surface area contributed by atoms with Gasteiger partial charge in [0.05, 0.1) is 0 Å². The highest BCUT2D eigenvalue weighted by molar-refractivity contribution is 5.95. The van der Waals surface area contributed by atoms with Crippen molar-refractivity contribution < 1.29 is 4.79 Å². The van der Waals surface area contributed by atoms with Gasteiger partial charge in [-0.25, -0.2) is 0 Å². The largest absolute Gasteiger partial charge is 0.295 e. The van der Waals surface area contributed by atoms with Crippen molar-refractivity contribution in [2.45, 2.75) is 32.6 Å². The lowest BCUT2D eigenvalue weighted by Crippen LogP contribution is -1.92. The lowest BCUT2D eigenvalue weighted by Gasteiger charge is -2.07. The molecule has 1 aromatic carbocycles. The van der Waals surface area contributed by atoms with E-state index < -0.39 is 0 Å². The summed E-state index contributed by atoms with van der Waals surface area (Å²) < 4.78 is 0. The average molecular weight is 200 g/mol. The lowest BCUT2D eigenvalue weighted by molar-refractivity contribution is -0.112. The van der Waals surface area contributed by atoms with E-state index in [0.29, 0.717) is 0 Å². The van der Waals surface area contributed by atoms with Gasteiger partial charge in [0.1, 0.15) is 0 Å². The zero-order valence-corrected chi connectivity index (χ0v) is 9.12. The van der Waals surface area contributed by atoms with Gasteiger partial charge in [-0.15, -0.1) is 0 Å². The van der Waals surface area contributed by atoms with Crippen LogP contribution in [0.1, 0.15) is 37.3 Å². The summed E-state index contributed by atoms with van der Waals surface area (Å²) in [5.74, 6) is 0.154. The summed E-state index contributed by atoms with van der Waals surface area (Å²) in [6.45, 7) is 1.63. The standard InChI is InChI=1S/C14H16O/c1-11(15)10-13-8-3-2-6-12-7-4-5-9-14(12)13/h4-5,7,9-10H,2-3,6,8H2,1H3/b13-10-. The van der Waals surface area contributed by atoms with Gasteiger partial charge in [-0.1, -0.05) is 24.3 Å². The van der Waals surface area contributed by atoms with Crippen molar-refractivity contribution in [3.05, 3.63) is 41.5 Å². The smallest absolute Gasteiger partial charge is 0.152 e. The minimum Gasteiger partial charge on any atom is -0.295 e. The topological polar surface area (TPSA) is 17.1 Å². The Hall–Kier alpha value is -1.37. The van der Waals surface area contributed by atoms with E-state index in [4.69, 9.17) is 0 Å². The van der Waals surface area contributed by atoms with Crippen molar-refractivity contribution in [3.8, 4) is 0 Å². The Morgan fingerprint density at radius 2 is 1.93 bits per heavy atom. The fourth-order valence-electron chi connectivity index (χ4n) is 2.21. The average Bonchev–Trinajstić information content (AvgIpc) is 2.41. The van der Waals surface area contributed by atoms with Crippen LogP contribution >= 0.6 is 0 Å². The molecule has 1 nitrogen and oxygen atoms in total. The first-order valence-corrected chi connectivity index (χ1v) is 5.57. The molecule has 0 bridgehead atoms. The first kappa shape index (κ1) is 10.2. The Morgan fingerprint density at radius 1 is 1.20 bits per heavy atom. The molecule has 0 unspecified atom stereocenters. The van der Waals surface area contributed by atoms with Crippen molar-refractivity contribution in [1.82, 2.24) is 0 Å². The van der Waals surface area contributed by atoms with Gasteiger partial charge in [0.15, 0.2) is 5.78 Å². The van der Waals surface area contributed by atoms with E-state index in [2.05, 4.69) is 24.3 Å². The minimum atomic E-state index is 0.154. The number of fused-ring (bicyclic) bond motifs is 1. The van der Waals surface area contributed by atoms with Gasteiger partial charge in [-0.2, -0.15) is 0 Å². The second-order valence-electron chi connectivity index (χ2n) is 4.14. The van der Waals surface area contributed by atoms with Crippen LogP contribution in [-0.2, 0) is 11.2 Å². The molecule has 0 amide bonds. The highest BCUT2D eigenvalue weighted by Crippen LogP contribution is 2.29. The lowest BCUT2D eigenvalue weighted by atomic mass is 9.98. The molecule has 78 valence electrons. The van der Waals surface area contributed by atoms with Crippen LogP contribution in [0, 0.1) is 0 Å². The van der Waals surface area contributed by atoms with Crippen molar-refractivity contribution in [3.63, 3.8) is 0 Å². The fraction of sp³-hybridized carbons (Fsp3) is 0.357. The Morgan fingerprint density at radius 3 is 2.73 bits per heavy atom. The van der Waals surface area contributed by atoms with Crippen molar-refractivity contribution >= 4 is 11.4 Å². The Balaban J connectivity index is 2.46. The van der Waals surface area contributed by atoms with E-state index in [1.807, 2.05) is 0 Å². The number of allylic oxidation sites excluding steroid dienone is 2. The molecule has 0 heterocycles. The van der Waals surface area contributed by atoms with Crippen molar-refractivity contribution in [2.24, 2.45) is 0 Å². The molecule has 1 aliphatic carbocycles. The number of hydrogen-bond donors (Lipinski definition) is 0. The van der Waals surface area contributed by atoms with Crippen molar-refractivity contribution in [1.29, 1.82) is 0 Å². The zero-order chi connectivity index (χ0) is 10.7. The first-order valence-electron chi connectivity index (χ1n) is 5.57. The molecule has 1 heteroatoms. The Kier molecular flexibility index (Phi) is 3.00. The first-order chi connectivity index (χ1) is 7.27. The number of ketones is 1. The molecule has 1 aromatic rings. The summed E-state index contributed by atoms with van der Waals surface area (Å²) in [4.78, 5) is 11.2. The van der Waals surface area contributed by atoms with Crippen LogP contribution in [0.15, 0.2) is 30.3 Å². The molecule has 0 atom stereocenters. The molecule has 0 aliphatic heterocycles. The fourth-order valence-corrected chi connectivity index (χ4v) is 2.21. The van der Waals surface area contributed by atoms with E-state index >= 15 is 0 Å². The molecule has 0 radical (unpaired) electrons. The maximum absolute atomic E-state index is 11.2. The number of hydrogen-bond acceptors (Lipinski definition) is 1. The van der Waals surface area contributed by atoms with Gasteiger partial charge in [0.25, 0.3) is 0 Å². The third kappa shape index (κ3) is 2.35. The third-order valence-electron chi connectivity index (χ3n) is 2.88. The predicted molar refractivity (Wildman–Crippen MR) is 62.7 cm³/mol. The highest BCUT2D eigenvalue weighted by atomic mass is 16.1. The summed E-state index contributed by atoms with van der Waals surface area (Å²) >= 11 is 0. The van der Waals surface area contributed by atoms with Gasteiger partial charge >= 0.3 is 0 Å². The number of benzene rings is 1. The van der Waals surface area contributed by atoms with E-state index in [1.54, 1.807) is 13.0 Å². The maximum atomic E-state index is 11.2. The van der Waals surface area contributed by atoms with Crippen LogP contribution in [0.2, 0.25) is 0 Å². The van der Waals surface area contributed by atoms with Crippen LogP contribution in [0.5, 0.6) is 0 Å². The molecule has 0 aromatic heterocycles. The van der Waals surface area contributed by atoms with Crippen LogP contribution in [0.25, 0.3) is 5.57 Å². The van der Waals surface area contributed by atoms with E-state index in [1.165, 1.54) is 29.5 Å². The normalized spacial score (nSPS) is 18.3. The summed E-state index contributed by atoms with van der Waals surface area (Å²) in [7, 11) is 0. The van der Waals surface area contributed by atoms with Crippen LogP contribution in [0.3, 0.4) is 0 Å². The Labute approximate surface area is 90.8 Å². The summed E-state index contributed by atoms with van der Waals surface area (Å²) in [5.41, 5.74) is 3.89. The van der Waals surface area contributed by atoms with E-state index in [-0.39, 0.29) is 5.78 Å². The molecule has 0 saturated heterocycles. The third-order valence-corrected chi connectivity index (χ3v) is 2.88. The Bertz CT molecular complexity index is 402. The molecule has 15 heavy (non-hydrogen) atoms. The number of carbonyl (C=O) groups is 1. The highest BCUT2D eigenvalue weighted by Gasteiger charge is 2.11. The summed E-state index contributed by atoms with van der Waals surface area (Å²) in [6, 6.07) is 8.44. The molecule has 0 spiro atoms. The molecule has 0 N–H and O–H groups in total. The van der Waals surface area contributed by atoms with Gasteiger partial charge in [0.2, 0.25) is 0 Å². The van der Waals surface area contributed by atoms with Crippen LogP contribution in [-0.4, -0.2) is 5.78 Å². The van der Waals surface area contributed by atoms with Gasteiger partial charge in [0, 0.05) is 0 Å². The summed E-state index contributed by atoms with van der Waals surface area (Å²) in [5, 5.41) is 0. The van der Waals surface area contributed by atoms with Gasteiger partial charge in [-0.05, 0) is 55.4 Å². The molecule has 1 aliphatic rings. The zero-order valence-electron chi connectivity index (χ0n) is 9.12. The van der Waals surface area contributed by atoms with Crippen LogP contribution in [0.4, 0.5) is 0 Å². The maximum Gasteiger partial charge on any atom is 0.152 e. The molecule has 0 fully saturated rings. The van der Waals surface area contributed by atoms with E-state index in [0.717, 1.165) is 12.8 Å². The SMILES string of the molecule is CC(=O)/C=C1/CCCCc2ccccc21. The number of aryl methyl sites for hydroxylation is 1. The van der Waals surface area contributed by atoms with Crippen LogP contribution < -0.4 is 0 Å². The minimum absolute atomic E-state index is 0.154. The number of carbonyl (C=O) groups excluding carboxylic acids is 1. The molecular formula is C14H16O. The second kappa shape index (κ2) is 4.43. The monoisotopic (exact) mass is 200 g/mol. The number of rotatable bonds is 1.